The summed E-state index contributed by atoms with van der Waals surface area (Å²) in [5.74, 6) is -13.7. The second-order valence-electron chi connectivity index (χ2n) is 25.0. The van der Waals surface area contributed by atoms with Crippen LogP contribution in [0.25, 0.3) is 0 Å². The highest BCUT2D eigenvalue weighted by Gasteiger charge is 2.51. The van der Waals surface area contributed by atoms with E-state index in [0.717, 1.165) is 6.42 Å². The minimum absolute atomic E-state index is 0.0208. The molecular formula is C63H90N10O22. The molecule has 95 heavy (non-hydrogen) atoms. The number of aliphatic hydroxyl groups is 5. The van der Waals surface area contributed by atoms with Gasteiger partial charge in [-0.3, -0.25) is 57.5 Å². The van der Waals surface area contributed by atoms with Gasteiger partial charge in [-0.1, -0.05) is 45.2 Å². The molecule has 9 amide bonds. The molecule has 0 aromatic heterocycles. The summed E-state index contributed by atoms with van der Waals surface area (Å²) >= 11 is 0. The fraction of sp³-hybridized carbons (Fsp3) is 0.619. The Balaban J connectivity index is 1.16. The maximum absolute atomic E-state index is 14.4. The molecule has 0 spiro atoms. The molecule has 3 aliphatic carbocycles. The maximum Gasteiger partial charge on any atom is 0.245 e. The number of rotatable bonds is 32. The van der Waals surface area contributed by atoms with Gasteiger partial charge >= 0.3 is 0 Å². The fourth-order valence-corrected chi connectivity index (χ4v) is 12.4. The normalized spacial score (nSPS) is 22.3. The minimum Gasteiger partial charge on any atom is -0.507 e. The number of primary amides is 1. The summed E-state index contributed by atoms with van der Waals surface area (Å²) in [6.45, 7) is 4.44. The van der Waals surface area contributed by atoms with Crippen LogP contribution in [0.2, 0.25) is 0 Å². The number of methoxy groups -OCH3 is 1. The number of aromatic hydroxyl groups is 2. The number of hydrogen-bond donors (Lipinski definition) is 17. The third kappa shape index (κ3) is 18.6. The van der Waals surface area contributed by atoms with Crippen molar-refractivity contribution in [3.05, 3.63) is 51.6 Å². The molecular weight excluding hydrogens is 1250 g/mol. The highest BCUT2D eigenvalue weighted by Crippen LogP contribution is 2.52. The zero-order valence-corrected chi connectivity index (χ0v) is 54.0. The average Bonchev–Trinajstić information content (AvgIpc) is 0.712. The topological polar surface area (TPSA) is 522 Å². The number of carbonyl (C=O) groups is 12. The molecule has 1 aliphatic heterocycles. The zero-order valence-electron chi connectivity index (χ0n) is 54.0. The van der Waals surface area contributed by atoms with E-state index >= 15 is 0 Å². The Kier molecular flexibility index (Phi) is 27.1. The van der Waals surface area contributed by atoms with Crippen LogP contribution < -0.4 is 58.7 Å². The van der Waals surface area contributed by atoms with Crippen molar-refractivity contribution >= 4 is 70.5 Å². The molecule has 19 N–H and O–H groups in total. The maximum atomic E-state index is 14.4. The van der Waals surface area contributed by atoms with Gasteiger partial charge in [-0.25, -0.2) is 0 Å². The Labute approximate surface area is 547 Å². The number of benzene rings is 2. The molecule has 2 fully saturated rings. The molecule has 6 rings (SSSR count). The van der Waals surface area contributed by atoms with Crippen LogP contribution in [-0.2, 0) is 63.8 Å². The van der Waals surface area contributed by atoms with Crippen molar-refractivity contribution in [2.24, 2.45) is 23.3 Å². The van der Waals surface area contributed by atoms with E-state index in [4.69, 9.17) is 25.7 Å². The number of unbranched alkanes of at least 4 members (excludes halogenated alkanes) is 1. The Morgan fingerprint density at radius 2 is 1.31 bits per heavy atom. The fourth-order valence-electron chi connectivity index (χ4n) is 12.4. The lowest BCUT2D eigenvalue weighted by Gasteiger charge is -2.43. The van der Waals surface area contributed by atoms with Crippen LogP contribution in [0.15, 0.2) is 18.2 Å². The van der Waals surface area contributed by atoms with E-state index in [-0.39, 0.29) is 46.8 Å². The highest BCUT2D eigenvalue weighted by molar-refractivity contribution is 6.31. The van der Waals surface area contributed by atoms with E-state index in [1.54, 1.807) is 13.8 Å². The van der Waals surface area contributed by atoms with E-state index in [0.29, 0.717) is 45.1 Å². The number of phenolic OH excluding ortho intramolecular Hbond substituents is 2. The summed E-state index contributed by atoms with van der Waals surface area (Å²) in [6.07, 6.45) is -4.63. The Bertz CT molecular complexity index is 3210. The van der Waals surface area contributed by atoms with E-state index < -0.39 is 230 Å². The molecule has 1 heterocycles. The van der Waals surface area contributed by atoms with Crippen molar-refractivity contribution in [2.75, 3.05) is 33.5 Å². The van der Waals surface area contributed by atoms with Crippen LogP contribution in [0, 0.1) is 11.8 Å². The van der Waals surface area contributed by atoms with Gasteiger partial charge in [0.25, 0.3) is 0 Å². The average molecular weight is 1340 g/mol. The zero-order chi connectivity index (χ0) is 70.3. The number of hydrogen-bond acceptors (Lipinski definition) is 23. The molecule has 0 bridgehead atoms. The van der Waals surface area contributed by atoms with Crippen molar-refractivity contribution < 1.29 is 107 Å². The summed E-state index contributed by atoms with van der Waals surface area (Å²) < 4.78 is 17.7. The number of carbonyl (C=O) groups excluding carboxylic acids is 12. The largest absolute Gasteiger partial charge is 0.507 e. The van der Waals surface area contributed by atoms with Crippen molar-refractivity contribution in [3.8, 4) is 17.2 Å². The van der Waals surface area contributed by atoms with Gasteiger partial charge in [-0.2, -0.15) is 0 Å². The molecule has 1 saturated carbocycles. The van der Waals surface area contributed by atoms with E-state index in [1.165, 1.54) is 46.1 Å². The summed E-state index contributed by atoms with van der Waals surface area (Å²) in [7, 11) is 1.26. The molecule has 0 radical (unpaired) electrons. The molecule has 1 saturated heterocycles. The molecule has 524 valence electrons. The van der Waals surface area contributed by atoms with Gasteiger partial charge in [0, 0.05) is 49.3 Å². The number of phenols is 2. The lowest BCUT2D eigenvalue weighted by atomic mass is 9.72. The second-order valence-corrected chi connectivity index (χ2v) is 25.0. The van der Waals surface area contributed by atoms with E-state index in [9.17, 15) is 93.3 Å². The monoisotopic (exact) mass is 1340 g/mol. The standard InChI is InChI=1S/C63H90N10O22/c1-28(2)21-38(59(88)69-37-22-45(94-30(4)51(37)80)95-42-24-63(92,43(78)27-76)23-34-47(42)55(84)49-48(53(34)82)52(81)33-15-12-17-41(93-6)46(33)54(49)83)70-60(89)39(25-74)72-58(87)36(18-19-44(65)79)68-62(91)50(32-13-8-7-9-14-32)73-61(90)40(26-75)71-56(85)29(3)66-57(86)35(67-31(5)77)16-10-11-20-64/h12,15,17,28-30,32,35-40,42,45,50-51,74-76,80,82,84,92H,7-11,13-14,16,18-27,64H2,1-6H3,(H2,65,79)(H,66,86)(H,67,77)(H,68,91)(H,69,88)(H,70,89)(H,71,85)(H,72,87)(H,73,90)/t29-,30-,35-,36-,37-,38-,39-,40-,42-,45-,50-,51+,63-/m0/s1. The summed E-state index contributed by atoms with van der Waals surface area (Å²) in [6, 6.07) is -7.50. The van der Waals surface area contributed by atoms with Crippen molar-refractivity contribution in [1.29, 1.82) is 0 Å². The van der Waals surface area contributed by atoms with Gasteiger partial charge in [0.1, 0.15) is 77.9 Å². The first kappa shape index (κ1) is 75.8. The van der Waals surface area contributed by atoms with Crippen LogP contribution in [0.3, 0.4) is 0 Å². The Morgan fingerprint density at radius 1 is 0.716 bits per heavy atom. The van der Waals surface area contributed by atoms with E-state index in [1.807, 2.05) is 0 Å². The second kappa shape index (κ2) is 33.9. The van der Waals surface area contributed by atoms with Gasteiger partial charge in [0.05, 0.1) is 55.3 Å². The smallest absolute Gasteiger partial charge is 0.245 e. The Morgan fingerprint density at radius 3 is 1.91 bits per heavy atom. The van der Waals surface area contributed by atoms with Gasteiger partial charge in [0.15, 0.2) is 17.9 Å². The SMILES string of the molecule is COc1cccc2c1C(=O)c1c(O)c3c(c(O)c1C2=O)C[C@@](O)(C(=O)CO)C[C@@H]3O[C@H]1C[C@H](NC(=O)[C@H](CC(C)C)NC(=O)[C@H](CO)NC(=O)[C@H](CCC(N)=O)NC(=O)[C@@H](NC(=O)[C@H](CO)NC(=O)[C@H](C)NC(=O)[C@H](CCCCN)NC(C)=O)C2CCCCC2)[C@H](O)[C@H](C)O1. The van der Waals surface area contributed by atoms with E-state index in [2.05, 4.69) is 42.5 Å². The van der Waals surface area contributed by atoms with Crippen LogP contribution in [-0.4, -0.2) is 212 Å². The number of ketones is 3. The Hall–Kier alpha value is -8.24. The van der Waals surface area contributed by atoms with Crippen molar-refractivity contribution in [3.63, 3.8) is 0 Å². The van der Waals surface area contributed by atoms with Crippen LogP contribution in [0.4, 0.5) is 0 Å². The summed E-state index contributed by atoms with van der Waals surface area (Å²) in [4.78, 5) is 163. The number of ether oxygens (including phenoxy) is 3. The van der Waals surface area contributed by atoms with Crippen LogP contribution in [0.5, 0.6) is 17.2 Å². The molecule has 0 unspecified atom stereocenters. The predicted octanol–water partition coefficient (Wildman–Crippen LogP) is -3.40. The molecule has 4 aliphatic rings. The predicted molar refractivity (Wildman–Crippen MR) is 332 cm³/mol. The van der Waals surface area contributed by atoms with Gasteiger partial charge in [0.2, 0.25) is 58.9 Å². The molecule has 13 atom stereocenters. The number of aliphatic hydroxyl groups excluding tert-OH is 4. The minimum atomic E-state index is -2.50. The summed E-state index contributed by atoms with van der Waals surface area (Å²) in [5, 5.41) is 97.9. The third-order valence-electron chi connectivity index (χ3n) is 17.5. The quantitative estimate of drug-likeness (QED) is 0.0214. The molecule has 2 aromatic rings. The lowest BCUT2D eigenvalue weighted by Crippen LogP contribution is -2.62. The van der Waals surface area contributed by atoms with Crippen molar-refractivity contribution in [2.45, 2.75) is 203 Å². The number of fused-ring (bicyclic) bond motifs is 3. The molecule has 32 nitrogen and oxygen atoms in total. The number of nitrogens with two attached hydrogens (primary N) is 2. The first-order chi connectivity index (χ1) is 44.9. The highest BCUT2D eigenvalue weighted by atomic mass is 16.7. The van der Waals surface area contributed by atoms with Crippen LogP contribution >= 0.6 is 0 Å². The van der Waals surface area contributed by atoms with Gasteiger partial charge in [-0.15, -0.1) is 0 Å². The molecule has 32 heteroatoms. The summed E-state index contributed by atoms with van der Waals surface area (Å²) in [5.41, 5.74) is 6.18. The first-order valence-electron chi connectivity index (χ1n) is 31.8. The lowest BCUT2D eigenvalue weighted by molar-refractivity contribution is -0.249. The van der Waals surface area contributed by atoms with Crippen molar-refractivity contribution in [1.82, 2.24) is 42.5 Å². The molecule has 2 aromatic carbocycles. The third-order valence-corrected chi connectivity index (χ3v) is 17.5. The van der Waals surface area contributed by atoms with Gasteiger partial charge in [-0.05, 0) is 83.2 Å². The number of Topliss-reactive ketones (excluding diaryl/α,β-unsaturated/α-hetero) is 1. The first-order valence-corrected chi connectivity index (χ1v) is 31.8. The number of amides is 9. The van der Waals surface area contributed by atoms with Crippen LogP contribution in [0.1, 0.15) is 167 Å². The number of nitrogens with one attached hydrogen (secondary N) is 8. The van der Waals surface area contributed by atoms with Gasteiger partial charge < -0.3 is 104 Å².